The molecule has 0 spiro atoms. The van der Waals surface area contributed by atoms with Gasteiger partial charge in [-0.3, -0.25) is 9.59 Å². The van der Waals surface area contributed by atoms with Gasteiger partial charge >= 0.3 is 0 Å². The van der Waals surface area contributed by atoms with Crippen LogP contribution in [0.25, 0.3) is 5.69 Å². The van der Waals surface area contributed by atoms with E-state index in [0.717, 1.165) is 42.9 Å². The molecule has 28 heavy (non-hydrogen) atoms. The normalized spacial score (nSPS) is 16.8. The van der Waals surface area contributed by atoms with E-state index in [1.54, 1.807) is 0 Å². The van der Waals surface area contributed by atoms with Gasteiger partial charge in [-0.15, -0.1) is 0 Å². The Bertz CT molecular complexity index is 826. The minimum atomic E-state index is -0.0855. The minimum Gasteiger partial charge on any atom is -0.355 e. The number of amides is 2. The molecule has 1 aliphatic heterocycles. The van der Waals surface area contributed by atoms with Gasteiger partial charge in [0.05, 0.1) is 17.3 Å². The highest BCUT2D eigenvalue weighted by Gasteiger charge is 2.27. The lowest BCUT2D eigenvalue weighted by molar-refractivity contribution is -0.135. The molecule has 1 aromatic carbocycles. The summed E-state index contributed by atoms with van der Waals surface area (Å²) in [6, 6.07) is 10.3. The Balaban J connectivity index is 1.49. The molecule has 0 saturated carbocycles. The Morgan fingerprint density at radius 1 is 1.21 bits per heavy atom. The number of aryl methyl sites for hydroxylation is 2. The largest absolute Gasteiger partial charge is 0.355 e. The molecular weight excluding hydrogens is 352 g/mol. The number of nitrogens with zero attached hydrogens (tertiary/aromatic N) is 3. The fourth-order valence-corrected chi connectivity index (χ4v) is 3.81. The zero-order valence-corrected chi connectivity index (χ0v) is 17.1. The van der Waals surface area contributed by atoms with E-state index in [1.807, 2.05) is 30.4 Å². The molecule has 1 unspecified atom stereocenters. The molecule has 1 N–H and O–H groups in total. The lowest BCUT2D eigenvalue weighted by Gasteiger charge is -2.31. The van der Waals surface area contributed by atoms with Crippen LogP contribution >= 0.6 is 0 Å². The van der Waals surface area contributed by atoms with Crippen LogP contribution in [0, 0.1) is 19.8 Å². The molecule has 2 aromatic rings. The first-order chi connectivity index (χ1) is 13.5. The van der Waals surface area contributed by atoms with Crippen LogP contribution < -0.4 is 5.32 Å². The summed E-state index contributed by atoms with van der Waals surface area (Å²) >= 11 is 0. The summed E-state index contributed by atoms with van der Waals surface area (Å²) in [4.78, 5) is 26.2. The van der Waals surface area contributed by atoms with Crippen molar-refractivity contribution < 1.29 is 9.59 Å². The fourth-order valence-electron chi connectivity index (χ4n) is 3.81. The summed E-state index contributed by atoms with van der Waals surface area (Å²) in [6.07, 6.45) is 3.05. The molecule has 2 amide bonds. The summed E-state index contributed by atoms with van der Waals surface area (Å²) < 4.78 is 1.94. The number of carbonyl (C=O) groups is 2. The molecule has 1 fully saturated rings. The maximum Gasteiger partial charge on any atom is 0.224 e. The molecule has 3 rings (SSSR count). The average molecular weight is 383 g/mol. The van der Waals surface area contributed by atoms with Crippen molar-refractivity contribution in [2.24, 2.45) is 5.92 Å². The number of carbonyl (C=O) groups excluding carboxylic acids is 2. The first kappa shape index (κ1) is 20.1. The standard InChI is InChI=1S/C22H30N4O2/c1-4-21(27)25-13-5-6-19(15-25)22(28)23-12-11-18-7-9-20(10-8-18)26-17(3)14-16(2)24-26/h7-10,14,19H,4-6,11-13,15H2,1-3H3,(H,23,28). The van der Waals surface area contributed by atoms with Crippen molar-refractivity contribution in [1.82, 2.24) is 20.0 Å². The van der Waals surface area contributed by atoms with Crippen LogP contribution in [-0.2, 0) is 16.0 Å². The van der Waals surface area contributed by atoms with Gasteiger partial charge in [0.2, 0.25) is 11.8 Å². The molecule has 2 heterocycles. The van der Waals surface area contributed by atoms with Gasteiger partial charge in [0, 0.05) is 31.7 Å². The van der Waals surface area contributed by atoms with E-state index in [-0.39, 0.29) is 17.7 Å². The van der Waals surface area contributed by atoms with E-state index in [1.165, 1.54) is 5.56 Å². The lowest BCUT2D eigenvalue weighted by Crippen LogP contribution is -2.45. The predicted molar refractivity (Wildman–Crippen MR) is 109 cm³/mol. The molecular formula is C22H30N4O2. The van der Waals surface area contributed by atoms with Gasteiger partial charge in [-0.2, -0.15) is 5.10 Å². The number of hydrogen-bond acceptors (Lipinski definition) is 3. The first-order valence-electron chi connectivity index (χ1n) is 10.2. The zero-order chi connectivity index (χ0) is 20.1. The number of likely N-dealkylation sites (tertiary alicyclic amines) is 1. The molecule has 150 valence electrons. The summed E-state index contributed by atoms with van der Waals surface area (Å²) in [6.45, 7) is 7.84. The highest BCUT2D eigenvalue weighted by molar-refractivity contribution is 5.81. The summed E-state index contributed by atoms with van der Waals surface area (Å²) in [5.74, 6) is 0.116. The van der Waals surface area contributed by atoms with Crippen molar-refractivity contribution >= 4 is 11.8 Å². The summed E-state index contributed by atoms with van der Waals surface area (Å²) in [7, 11) is 0. The molecule has 0 bridgehead atoms. The Hall–Kier alpha value is -2.63. The summed E-state index contributed by atoms with van der Waals surface area (Å²) in [5.41, 5.74) is 4.34. The number of benzene rings is 1. The SMILES string of the molecule is CCC(=O)N1CCCC(C(=O)NCCc2ccc(-n3nc(C)cc3C)cc2)C1. The van der Waals surface area contributed by atoms with Crippen LogP contribution in [-0.4, -0.2) is 46.1 Å². The maximum atomic E-state index is 12.5. The van der Waals surface area contributed by atoms with Crippen molar-refractivity contribution in [3.05, 3.63) is 47.3 Å². The van der Waals surface area contributed by atoms with Crippen LogP contribution in [0.5, 0.6) is 0 Å². The van der Waals surface area contributed by atoms with Gasteiger partial charge in [-0.05, 0) is 56.9 Å². The molecule has 1 aliphatic rings. The number of rotatable bonds is 6. The van der Waals surface area contributed by atoms with Gasteiger partial charge < -0.3 is 10.2 Å². The zero-order valence-electron chi connectivity index (χ0n) is 17.1. The quantitative estimate of drug-likeness (QED) is 0.835. The second-order valence-electron chi connectivity index (χ2n) is 7.58. The van der Waals surface area contributed by atoms with Crippen molar-refractivity contribution in [3.63, 3.8) is 0 Å². The van der Waals surface area contributed by atoms with E-state index in [0.29, 0.717) is 19.5 Å². The molecule has 6 nitrogen and oxygen atoms in total. The Morgan fingerprint density at radius 2 is 1.96 bits per heavy atom. The number of piperidine rings is 1. The Labute approximate surface area is 166 Å². The lowest BCUT2D eigenvalue weighted by atomic mass is 9.97. The average Bonchev–Trinajstić information content (AvgIpc) is 3.06. The molecule has 6 heteroatoms. The molecule has 0 radical (unpaired) electrons. The van der Waals surface area contributed by atoms with E-state index in [2.05, 4.69) is 40.7 Å². The maximum absolute atomic E-state index is 12.5. The molecule has 1 aromatic heterocycles. The monoisotopic (exact) mass is 382 g/mol. The van der Waals surface area contributed by atoms with Crippen molar-refractivity contribution in [3.8, 4) is 5.69 Å². The predicted octanol–water partition coefficient (Wildman–Crippen LogP) is 2.80. The van der Waals surface area contributed by atoms with Crippen LogP contribution in [0.15, 0.2) is 30.3 Å². The van der Waals surface area contributed by atoms with Crippen LogP contribution in [0.3, 0.4) is 0 Å². The van der Waals surface area contributed by atoms with E-state index in [9.17, 15) is 9.59 Å². The molecule has 1 saturated heterocycles. The van der Waals surface area contributed by atoms with Crippen molar-refractivity contribution in [2.75, 3.05) is 19.6 Å². The smallest absolute Gasteiger partial charge is 0.224 e. The Morgan fingerprint density at radius 3 is 2.61 bits per heavy atom. The van der Waals surface area contributed by atoms with Gasteiger partial charge in [-0.1, -0.05) is 19.1 Å². The highest BCUT2D eigenvalue weighted by atomic mass is 16.2. The summed E-state index contributed by atoms with van der Waals surface area (Å²) in [5, 5.41) is 7.55. The minimum absolute atomic E-state index is 0.0628. The second-order valence-corrected chi connectivity index (χ2v) is 7.58. The third kappa shape index (κ3) is 4.80. The molecule has 0 aliphatic carbocycles. The number of aromatic nitrogens is 2. The molecule has 1 atom stereocenters. The van der Waals surface area contributed by atoms with Gasteiger partial charge in [0.15, 0.2) is 0 Å². The highest BCUT2D eigenvalue weighted by Crippen LogP contribution is 2.17. The fraction of sp³-hybridized carbons (Fsp3) is 0.500. The topological polar surface area (TPSA) is 67.2 Å². The van der Waals surface area contributed by atoms with Crippen LogP contribution in [0.1, 0.15) is 43.1 Å². The third-order valence-electron chi connectivity index (χ3n) is 5.35. The van der Waals surface area contributed by atoms with Gasteiger partial charge in [0.25, 0.3) is 0 Å². The second kappa shape index (κ2) is 9.04. The van der Waals surface area contributed by atoms with E-state index in [4.69, 9.17) is 0 Å². The number of nitrogens with one attached hydrogen (secondary N) is 1. The van der Waals surface area contributed by atoms with Gasteiger partial charge in [-0.25, -0.2) is 4.68 Å². The Kier molecular flexibility index (Phi) is 6.49. The van der Waals surface area contributed by atoms with Gasteiger partial charge in [0.1, 0.15) is 0 Å². The first-order valence-corrected chi connectivity index (χ1v) is 10.2. The van der Waals surface area contributed by atoms with Crippen LogP contribution in [0.4, 0.5) is 0 Å². The van der Waals surface area contributed by atoms with E-state index >= 15 is 0 Å². The number of hydrogen-bond donors (Lipinski definition) is 1. The van der Waals surface area contributed by atoms with Crippen molar-refractivity contribution in [2.45, 2.75) is 46.5 Å². The van der Waals surface area contributed by atoms with Crippen molar-refractivity contribution in [1.29, 1.82) is 0 Å². The third-order valence-corrected chi connectivity index (χ3v) is 5.35. The van der Waals surface area contributed by atoms with Crippen LogP contribution in [0.2, 0.25) is 0 Å². The van der Waals surface area contributed by atoms with E-state index < -0.39 is 0 Å².